The topological polar surface area (TPSA) is 60.8 Å². The van der Waals surface area contributed by atoms with Gasteiger partial charge in [-0.05, 0) is 0 Å². The molecule has 0 spiro atoms. The van der Waals surface area contributed by atoms with Crippen LogP contribution in [0.1, 0.15) is 6.42 Å². The molecule has 72 valence electrons. The minimum absolute atomic E-state index is 0.0758. The van der Waals surface area contributed by atoms with E-state index in [1.54, 1.807) is 0 Å². The number of aliphatic hydroxyl groups excluding tert-OH is 2. The Bertz CT molecular complexity index is 230. The second-order valence-corrected chi connectivity index (χ2v) is 3.13. The van der Waals surface area contributed by atoms with Crippen LogP contribution in [-0.4, -0.2) is 46.8 Å². The van der Waals surface area contributed by atoms with E-state index in [1.807, 2.05) is 0 Å². The first-order valence-corrected chi connectivity index (χ1v) is 4.20. The molecule has 4 nitrogen and oxygen atoms in total. The van der Waals surface area contributed by atoms with Gasteiger partial charge in [0.25, 0.3) is 0 Å². The molecule has 1 aliphatic heterocycles. The maximum absolute atomic E-state index is 11.3. The standard InChI is InChI=1S/C9H13NO3/c1-2-7-3-9(13)10(4-7)8(5-11)6-12/h1,7-8,11-12H,3-6H2. The van der Waals surface area contributed by atoms with Crippen molar-refractivity contribution in [2.45, 2.75) is 12.5 Å². The van der Waals surface area contributed by atoms with Crippen LogP contribution < -0.4 is 0 Å². The number of amides is 1. The molecule has 0 radical (unpaired) electrons. The van der Waals surface area contributed by atoms with Gasteiger partial charge in [0.05, 0.1) is 19.3 Å². The van der Waals surface area contributed by atoms with Crippen LogP contribution >= 0.6 is 0 Å². The van der Waals surface area contributed by atoms with Gasteiger partial charge in [-0.1, -0.05) is 0 Å². The summed E-state index contributed by atoms with van der Waals surface area (Å²) in [7, 11) is 0. The number of carbonyl (C=O) groups is 1. The summed E-state index contributed by atoms with van der Waals surface area (Å²) < 4.78 is 0. The Balaban J connectivity index is 2.62. The molecule has 1 fully saturated rings. The van der Waals surface area contributed by atoms with E-state index in [1.165, 1.54) is 4.90 Å². The predicted molar refractivity (Wildman–Crippen MR) is 46.6 cm³/mol. The lowest BCUT2D eigenvalue weighted by atomic mass is 10.1. The van der Waals surface area contributed by atoms with Crippen molar-refractivity contribution in [1.29, 1.82) is 0 Å². The average Bonchev–Trinajstić information content (AvgIpc) is 2.50. The first kappa shape index (κ1) is 10.0. The molecule has 0 aromatic carbocycles. The molecule has 0 bridgehead atoms. The zero-order valence-corrected chi connectivity index (χ0v) is 7.31. The van der Waals surface area contributed by atoms with Gasteiger partial charge < -0.3 is 15.1 Å². The van der Waals surface area contributed by atoms with Gasteiger partial charge >= 0.3 is 0 Å². The first-order valence-electron chi connectivity index (χ1n) is 4.20. The first-order chi connectivity index (χ1) is 6.22. The molecule has 13 heavy (non-hydrogen) atoms. The van der Waals surface area contributed by atoms with Crippen molar-refractivity contribution in [2.75, 3.05) is 19.8 Å². The van der Waals surface area contributed by atoms with Crippen molar-refractivity contribution in [3.63, 3.8) is 0 Å². The summed E-state index contributed by atoms with van der Waals surface area (Å²) in [4.78, 5) is 12.8. The fraction of sp³-hybridized carbons (Fsp3) is 0.667. The van der Waals surface area contributed by atoms with Crippen molar-refractivity contribution in [3.05, 3.63) is 0 Å². The van der Waals surface area contributed by atoms with Crippen LogP contribution in [0.4, 0.5) is 0 Å². The summed E-state index contributed by atoms with van der Waals surface area (Å²) in [5, 5.41) is 17.7. The molecular formula is C9H13NO3. The molecule has 1 aliphatic rings. The predicted octanol–water partition coefficient (Wildman–Crippen LogP) is -1.18. The molecule has 2 N–H and O–H groups in total. The zero-order valence-electron chi connectivity index (χ0n) is 7.31. The maximum atomic E-state index is 11.3. The Morgan fingerprint density at radius 1 is 1.62 bits per heavy atom. The van der Waals surface area contributed by atoms with E-state index in [0.29, 0.717) is 13.0 Å². The lowest BCUT2D eigenvalue weighted by molar-refractivity contribution is -0.131. The summed E-state index contributed by atoms with van der Waals surface area (Å²) >= 11 is 0. The number of carbonyl (C=O) groups excluding carboxylic acids is 1. The van der Waals surface area contributed by atoms with E-state index in [9.17, 15) is 4.79 Å². The summed E-state index contributed by atoms with van der Waals surface area (Å²) in [6.07, 6.45) is 5.51. The Kier molecular flexibility index (Phi) is 3.29. The SMILES string of the molecule is C#CC1CC(=O)N(C(CO)CO)C1. The van der Waals surface area contributed by atoms with E-state index in [-0.39, 0.29) is 25.0 Å². The summed E-state index contributed by atoms with van der Waals surface area (Å²) in [5.74, 6) is 2.34. The monoisotopic (exact) mass is 183 g/mol. The van der Waals surface area contributed by atoms with Gasteiger partial charge in [0, 0.05) is 18.9 Å². The lowest BCUT2D eigenvalue weighted by Crippen LogP contribution is -2.41. The van der Waals surface area contributed by atoms with E-state index < -0.39 is 6.04 Å². The largest absolute Gasteiger partial charge is 0.394 e. The Hall–Kier alpha value is -1.05. The number of likely N-dealkylation sites (tertiary alicyclic amines) is 1. The zero-order chi connectivity index (χ0) is 9.84. The third-order valence-electron chi connectivity index (χ3n) is 2.26. The molecule has 1 saturated heterocycles. The van der Waals surface area contributed by atoms with Gasteiger partial charge in [-0.2, -0.15) is 0 Å². The van der Waals surface area contributed by atoms with E-state index in [4.69, 9.17) is 16.6 Å². The van der Waals surface area contributed by atoms with E-state index in [0.717, 1.165) is 0 Å². The average molecular weight is 183 g/mol. The second kappa shape index (κ2) is 4.26. The van der Waals surface area contributed by atoms with Crippen molar-refractivity contribution in [2.24, 2.45) is 5.92 Å². The highest BCUT2D eigenvalue weighted by molar-refractivity contribution is 5.79. The fourth-order valence-corrected chi connectivity index (χ4v) is 1.45. The molecule has 0 aromatic heterocycles. The Morgan fingerprint density at radius 3 is 2.62 bits per heavy atom. The van der Waals surface area contributed by atoms with E-state index >= 15 is 0 Å². The third-order valence-corrected chi connectivity index (χ3v) is 2.26. The molecule has 1 heterocycles. The minimum Gasteiger partial charge on any atom is -0.394 e. The van der Waals surface area contributed by atoms with Crippen LogP contribution in [0.5, 0.6) is 0 Å². The minimum atomic E-state index is -0.495. The quantitative estimate of drug-likeness (QED) is 0.541. The second-order valence-electron chi connectivity index (χ2n) is 3.13. The van der Waals surface area contributed by atoms with Crippen molar-refractivity contribution >= 4 is 5.91 Å². The highest BCUT2D eigenvalue weighted by Crippen LogP contribution is 2.18. The Labute approximate surface area is 77.2 Å². The third kappa shape index (κ3) is 2.00. The van der Waals surface area contributed by atoms with Gasteiger partial charge in [-0.3, -0.25) is 4.79 Å². The highest BCUT2D eigenvalue weighted by Gasteiger charge is 2.32. The molecule has 0 aliphatic carbocycles. The van der Waals surface area contributed by atoms with Crippen LogP contribution in [0.25, 0.3) is 0 Å². The molecule has 0 saturated carbocycles. The van der Waals surface area contributed by atoms with Gasteiger partial charge in [0.1, 0.15) is 0 Å². The van der Waals surface area contributed by atoms with Gasteiger partial charge in [0.15, 0.2) is 0 Å². The normalized spacial score (nSPS) is 22.5. The molecule has 4 heteroatoms. The number of aliphatic hydroxyl groups is 2. The number of hydrogen-bond donors (Lipinski definition) is 2. The van der Waals surface area contributed by atoms with Gasteiger partial charge in [0.2, 0.25) is 5.91 Å². The number of nitrogens with zero attached hydrogens (tertiary/aromatic N) is 1. The highest BCUT2D eigenvalue weighted by atomic mass is 16.3. The number of terminal acetylenes is 1. The van der Waals surface area contributed by atoms with Crippen molar-refractivity contribution in [3.8, 4) is 12.3 Å². The summed E-state index contributed by atoms with van der Waals surface area (Å²) in [6.45, 7) is 0.000181. The summed E-state index contributed by atoms with van der Waals surface area (Å²) in [6, 6.07) is -0.495. The van der Waals surface area contributed by atoms with Gasteiger partial charge in [-0.15, -0.1) is 12.3 Å². The fourth-order valence-electron chi connectivity index (χ4n) is 1.45. The van der Waals surface area contributed by atoms with E-state index in [2.05, 4.69) is 5.92 Å². The molecule has 1 amide bonds. The molecular weight excluding hydrogens is 170 g/mol. The van der Waals surface area contributed by atoms with Crippen LogP contribution in [-0.2, 0) is 4.79 Å². The van der Waals surface area contributed by atoms with Crippen LogP contribution in [0.15, 0.2) is 0 Å². The smallest absolute Gasteiger partial charge is 0.224 e. The molecule has 1 atom stereocenters. The molecule has 1 unspecified atom stereocenters. The number of hydrogen-bond acceptors (Lipinski definition) is 3. The molecule has 1 rings (SSSR count). The maximum Gasteiger partial charge on any atom is 0.224 e. The van der Waals surface area contributed by atoms with Crippen molar-refractivity contribution < 1.29 is 15.0 Å². The van der Waals surface area contributed by atoms with Gasteiger partial charge in [-0.25, -0.2) is 0 Å². The van der Waals surface area contributed by atoms with Crippen LogP contribution in [0.2, 0.25) is 0 Å². The van der Waals surface area contributed by atoms with Crippen molar-refractivity contribution in [1.82, 2.24) is 4.90 Å². The van der Waals surface area contributed by atoms with Crippen LogP contribution in [0, 0.1) is 18.3 Å². The Morgan fingerprint density at radius 2 is 2.23 bits per heavy atom. The number of rotatable bonds is 3. The summed E-state index contributed by atoms with van der Waals surface area (Å²) in [5.41, 5.74) is 0. The van der Waals surface area contributed by atoms with Crippen LogP contribution in [0.3, 0.4) is 0 Å². The lowest BCUT2D eigenvalue weighted by Gasteiger charge is -2.24. The molecule has 0 aromatic rings.